The topological polar surface area (TPSA) is 250 Å². The molecule has 0 radical (unpaired) electrons. The zero-order valence-corrected chi connectivity index (χ0v) is 36.0. The molecule has 2 N–H and O–H groups in total. The van der Waals surface area contributed by atoms with Crippen LogP contribution >= 0.6 is 21.6 Å². The van der Waals surface area contributed by atoms with Crippen molar-refractivity contribution < 1.29 is 54.1 Å². The summed E-state index contributed by atoms with van der Waals surface area (Å²) in [5, 5.41) is 21.5. The number of hydrogen-bond donors (Lipinski definition) is 2. The van der Waals surface area contributed by atoms with Crippen molar-refractivity contribution in [2.75, 3.05) is 24.7 Å². The number of benzene rings is 2. The lowest BCUT2D eigenvalue weighted by Gasteiger charge is -2.13. The standard InChI is InChI=1S/C36H54N4O14S4/c1-29(31-17-21-33(22-18-31)39(43)44)53-57(47,48)37-35(41)51-25-13-9-5-3-7-11-15-27-55-56-28-16-12-8-4-6-10-14-26-52-36(42)38-58(49,50)54-30(2)32-19-23-34(24-20-32)40(45)46/h17-24,29-30H,3-16,25-28H2,1-2H3,(H,37,41)(H,38,42). The molecule has 2 atom stereocenters. The molecule has 2 unspecified atom stereocenters. The summed E-state index contributed by atoms with van der Waals surface area (Å²) in [6.45, 7) is 3.04. The van der Waals surface area contributed by atoms with Gasteiger partial charge in [-0.3, -0.25) is 20.2 Å². The van der Waals surface area contributed by atoms with E-state index in [0.29, 0.717) is 24.0 Å². The molecule has 2 amide bonds. The van der Waals surface area contributed by atoms with Crippen LogP contribution in [0.25, 0.3) is 0 Å². The van der Waals surface area contributed by atoms with Crippen LogP contribution < -0.4 is 9.44 Å². The molecule has 22 heteroatoms. The summed E-state index contributed by atoms with van der Waals surface area (Å²) in [6, 6.07) is 10.4. The summed E-state index contributed by atoms with van der Waals surface area (Å²) in [6.07, 6.45) is 9.69. The van der Waals surface area contributed by atoms with E-state index >= 15 is 0 Å². The van der Waals surface area contributed by atoms with Gasteiger partial charge in [-0.2, -0.15) is 26.3 Å². The average molecular weight is 895 g/mol. The first-order chi connectivity index (χ1) is 27.6. The first kappa shape index (κ1) is 50.4. The summed E-state index contributed by atoms with van der Waals surface area (Å²) < 4.78 is 71.7. The molecular weight excluding hydrogens is 841 g/mol. The third-order valence-corrected chi connectivity index (χ3v) is 12.9. The summed E-state index contributed by atoms with van der Waals surface area (Å²) in [4.78, 5) is 44.2. The van der Waals surface area contributed by atoms with Crippen LogP contribution in [0.2, 0.25) is 0 Å². The van der Waals surface area contributed by atoms with E-state index in [1.807, 2.05) is 21.6 Å². The van der Waals surface area contributed by atoms with Crippen molar-refractivity contribution in [3.05, 3.63) is 79.9 Å². The Morgan fingerprint density at radius 1 is 0.552 bits per heavy atom. The zero-order valence-electron chi connectivity index (χ0n) is 32.7. The van der Waals surface area contributed by atoms with Gasteiger partial charge in [0.2, 0.25) is 0 Å². The number of carbonyl (C=O) groups excluding carboxylic acids is 2. The highest BCUT2D eigenvalue weighted by Crippen LogP contribution is 2.26. The molecule has 0 bridgehead atoms. The molecule has 0 aliphatic rings. The van der Waals surface area contributed by atoms with Gasteiger partial charge in [0.15, 0.2) is 0 Å². The largest absolute Gasteiger partial charge is 0.449 e. The van der Waals surface area contributed by atoms with Gasteiger partial charge in [0.1, 0.15) is 12.2 Å². The van der Waals surface area contributed by atoms with Gasteiger partial charge in [-0.25, -0.2) is 18.0 Å². The summed E-state index contributed by atoms with van der Waals surface area (Å²) in [5.41, 5.74) is 0.487. The Hall–Kier alpha value is -3.70. The fraction of sp³-hybridized carbons (Fsp3) is 0.611. The average Bonchev–Trinajstić information content (AvgIpc) is 3.16. The minimum atomic E-state index is -4.44. The number of non-ortho nitro benzene ring substituents is 2. The Bertz CT molecular complexity index is 1640. The predicted octanol–water partition coefficient (Wildman–Crippen LogP) is 9.14. The number of nitro benzene ring substituents is 2. The SMILES string of the molecule is CC(OS(=O)(=O)NC(=O)OCCCCCCCCCSSCCCCCCCCCOC(=O)NS(=O)(=O)OC(C)c1ccc([N+](=O)[O-])cc1)c1ccc([N+](=O)[O-])cc1. The number of amides is 2. The van der Waals surface area contributed by atoms with E-state index in [1.54, 1.807) is 9.44 Å². The van der Waals surface area contributed by atoms with Crippen LogP contribution in [0.4, 0.5) is 21.0 Å². The van der Waals surface area contributed by atoms with Crippen molar-refractivity contribution in [3.8, 4) is 0 Å². The fourth-order valence-electron chi connectivity index (χ4n) is 5.28. The van der Waals surface area contributed by atoms with Gasteiger partial charge < -0.3 is 9.47 Å². The van der Waals surface area contributed by atoms with Gasteiger partial charge in [0.05, 0.1) is 23.1 Å². The number of ether oxygens (including phenoxy) is 2. The quantitative estimate of drug-likeness (QED) is 0.0310. The Balaban J connectivity index is 1.33. The van der Waals surface area contributed by atoms with Crippen LogP contribution in [0.5, 0.6) is 0 Å². The van der Waals surface area contributed by atoms with Crippen LogP contribution in [-0.4, -0.2) is 63.6 Å². The molecule has 2 rings (SSSR count). The highest BCUT2D eigenvalue weighted by molar-refractivity contribution is 8.76. The maximum atomic E-state index is 12.1. The van der Waals surface area contributed by atoms with Crippen LogP contribution in [0.1, 0.15) is 127 Å². The summed E-state index contributed by atoms with van der Waals surface area (Å²) in [5.74, 6) is 2.21. The Morgan fingerprint density at radius 2 is 0.845 bits per heavy atom. The van der Waals surface area contributed by atoms with Crippen LogP contribution in [0.3, 0.4) is 0 Å². The third kappa shape index (κ3) is 23.0. The second kappa shape index (κ2) is 27.9. The first-order valence-corrected chi connectivity index (χ1v) is 24.4. The smallest absolute Gasteiger partial charge is 0.422 e. The van der Waals surface area contributed by atoms with Gasteiger partial charge in [-0.1, -0.05) is 85.8 Å². The number of carbonyl (C=O) groups is 2. The van der Waals surface area contributed by atoms with Crippen LogP contribution in [-0.2, 0) is 38.4 Å². The van der Waals surface area contributed by atoms with Crippen molar-refractivity contribution in [1.82, 2.24) is 9.44 Å². The van der Waals surface area contributed by atoms with E-state index in [1.165, 1.54) is 62.4 Å². The lowest BCUT2D eigenvalue weighted by atomic mass is 10.1. The molecule has 2 aromatic rings. The number of unbranched alkanes of at least 4 members (excludes halogenated alkanes) is 12. The monoisotopic (exact) mass is 894 g/mol. The van der Waals surface area contributed by atoms with Gasteiger partial charge in [-0.05, 0) is 74.9 Å². The molecular formula is C36H54N4O14S4. The second-order valence-electron chi connectivity index (χ2n) is 13.2. The van der Waals surface area contributed by atoms with Gasteiger partial charge in [0, 0.05) is 35.8 Å². The van der Waals surface area contributed by atoms with Crippen LogP contribution in [0.15, 0.2) is 48.5 Å². The minimum absolute atomic E-state index is 0.0805. The predicted molar refractivity (Wildman–Crippen MR) is 222 cm³/mol. The molecule has 58 heavy (non-hydrogen) atoms. The van der Waals surface area contributed by atoms with E-state index in [-0.39, 0.29) is 24.6 Å². The Morgan fingerprint density at radius 3 is 1.16 bits per heavy atom. The zero-order chi connectivity index (χ0) is 42.8. The number of hydrogen-bond acceptors (Lipinski definition) is 16. The lowest BCUT2D eigenvalue weighted by molar-refractivity contribution is -0.385. The van der Waals surface area contributed by atoms with Crippen molar-refractivity contribution >= 4 is 65.8 Å². The summed E-state index contributed by atoms with van der Waals surface area (Å²) in [7, 11) is -5.08. The van der Waals surface area contributed by atoms with Crippen molar-refractivity contribution in [1.29, 1.82) is 0 Å². The van der Waals surface area contributed by atoms with E-state index in [0.717, 1.165) is 88.6 Å². The molecule has 326 valence electrons. The third-order valence-electron chi connectivity index (χ3n) is 8.40. The molecule has 18 nitrogen and oxygen atoms in total. The molecule has 0 aliphatic heterocycles. The molecule has 0 heterocycles. The van der Waals surface area contributed by atoms with Crippen molar-refractivity contribution in [3.63, 3.8) is 0 Å². The molecule has 0 spiro atoms. The van der Waals surface area contributed by atoms with Crippen molar-refractivity contribution in [2.24, 2.45) is 0 Å². The van der Waals surface area contributed by atoms with E-state index in [2.05, 4.69) is 0 Å². The fourth-order valence-corrected chi connectivity index (χ4v) is 9.18. The Kier molecular flexibility index (Phi) is 24.3. The maximum absolute atomic E-state index is 12.1. The van der Waals surface area contributed by atoms with E-state index in [4.69, 9.17) is 17.8 Å². The Labute approximate surface area is 348 Å². The number of rotatable bonds is 31. The molecule has 0 aromatic heterocycles. The first-order valence-electron chi connectivity index (χ1n) is 19.1. The van der Waals surface area contributed by atoms with E-state index in [9.17, 15) is 46.7 Å². The molecule has 0 saturated carbocycles. The maximum Gasteiger partial charge on any atom is 0.422 e. The lowest BCUT2D eigenvalue weighted by Crippen LogP contribution is -2.33. The highest BCUT2D eigenvalue weighted by atomic mass is 33.1. The molecule has 2 aromatic carbocycles. The van der Waals surface area contributed by atoms with Gasteiger partial charge in [-0.15, -0.1) is 0 Å². The number of nitrogens with one attached hydrogen (secondary N) is 2. The van der Waals surface area contributed by atoms with Crippen molar-refractivity contribution in [2.45, 2.75) is 116 Å². The van der Waals surface area contributed by atoms with E-state index < -0.39 is 54.8 Å². The second-order valence-corrected chi connectivity index (χ2v) is 18.5. The molecule has 0 fully saturated rings. The molecule has 0 aliphatic carbocycles. The summed E-state index contributed by atoms with van der Waals surface area (Å²) >= 11 is 0. The normalized spacial score (nSPS) is 12.7. The van der Waals surface area contributed by atoms with Gasteiger partial charge >= 0.3 is 32.8 Å². The number of nitrogens with zero attached hydrogens (tertiary/aromatic N) is 2. The van der Waals surface area contributed by atoms with Crippen LogP contribution in [0, 0.1) is 20.2 Å². The highest BCUT2D eigenvalue weighted by Gasteiger charge is 2.23. The minimum Gasteiger partial charge on any atom is -0.449 e. The van der Waals surface area contributed by atoms with Gasteiger partial charge in [0.25, 0.3) is 11.4 Å². The molecule has 0 saturated heterocycles. The number of nitro groups is 2.